The maximum Gasteiger partial charge on any atom is 0.324 e. The normalized spacial score (nSPS) is 15.6. The fourth-order valence-corrected chi connectivity index (χ4v) is 1.52. The van der Waals surface area contributed by atoms with Crippen LogP contribution in [0.2, 0.25) is 0 Å². The van der Waals surface area contributed by atoms with E-state index in [0.717, 1.165) is 12.8 Å². The number of hydrogen-bond acceptors (Lipinski definition) is 2. The fourth-order valence-electron chi connectivity index (χ4n) is 1.52. The second kappa shape index (κ2) is 4.45. The standard InChI is InChI=1S/C11H19NO2/c1-5-6-7-11(8-12,9(13)14)10(2,3)4/h5-7H2,1-4H3,(H,13,14). The average molecular weight is 197 g/mol. The maximum atomic E-state index is 11.2. The lowest BCUT2D eigenvalue weighted by molar-refractivity contribution is -0.151. The predicted molar refractivity (Wildman–Crippen MR) is 54.7 cm³/mol. The van der Waals surface area contributed by atoms with Crippen LogP contribution in [0.15, 0.2) is 0 Å². The molecule has 0 saturated carbocycles. The van der Waals surface area contributed by atoms with Crippen LogP contribution >= 0.6 is 0 Å². The molecule has 0 heterocycles. The largest absolute Gasteiger partial charge is 0.480 e. The van der Waals surface area contributed by atoms with Gasteiger partial charge in [0.05, 0.1) is 6.07 Å². The Balaban J connectivity index is 5.03. The molecule has 3 nitrogen and oxygen atoms in total. The van der Waals surface area contributed by atoms with Gasteiger partial charge in [0.1, 0.15) is 0 Å². The van der Waals surface area contributed by atoms with Gasteiger partial charge < -0.3 is 5.11 Å². The van der Waals surface area contributed by atoms with Crippen LogP contribution in [0.5, 0.6) is 0 Å². The third-order valence-electron chi connectivity index (χ3n) is 2.74. The zero-order valence-electron chi connectivity index (χ0n) is 9.42. The molecule has 3 heteroatoms. The van der Waals surface area contributed by atoms with E-state index >= 15 is 0 Å². The molecular formula is C11H19NO2. The Labute approximate surface area is 85.7 Å². The molecule has 0 amide bonds. The quantitative estimate of drug-likeness (QED) is 0.753. The molecule has 0 aromatic rings. The van der Waals surface area contributed by atoms with Crippen LogP contribution in [0.25, 0.3) is 0 Å². The molecule has 80 valence electrons. The van der Waals surface area contributed by atoms with E-state index in [2.05, 4.69) is 0 Å². The Hall–Kier alpha value is -1.04. The number of carbonyl (C=O) groups is 1. The highest BCUT2D eigenvalue weighted by atomic mass is 16.4. The Kier molecular flexibility index (Phi) is 4.12. The van der Waals surface area contributed by atoms with E-state index in [-0.39, 0.29) is 0 Å². The number of nitrogens with zero attached hydrogens (tertiary/aromatic N) is 1. The summed E-state index contributed by atoms with van der Waals surface area (Å²) in [5.74, 6) is -0.999. The van der Waals surface area contributed by atoms with Gasteiger partial charge >= 0.3 is 5.97 Å². The van der Waals surface area contributed by atoms with Crippen LogP contribution < -0.4 is 0 Å². The topological polar surface area (TPSA) is 61.1 Å². The second-order valence-electron chi connectivity index (χ2n) is 4.68. The van der Waals surface area contributed by atoms with Gasteiger partial charge in [-0.2, -0.15) is 5.26 Å². The highest BCUT2D eigenvalue weighted by Gasteiger charge is 2.48. The number of carboxylic acids is 1. The van der Waals surface area contributed by atoms with Crippen molar-refractivity contribution in [2.45, 2.75) is 47.0 Å². The van der Waals surface area contributed by atoms with E-state index < -0.39 is 16.8 Å². The highest BCUT2D eigenvalue weighted by Crippen LogP contribution is 2.42. The molecular weight excluding hydrogens is 178 g/mol. The number of rotatable bonds is 4. The van der Waals surface area contributed by atoms with E-state index in [1.807, 2.05) is 13.0 Å². The predicted octanol–water partition coefficient (Wildman–Crippen LogP) is 2.82. The molecule has 0 aliphatic carbocycles. The number of unbranched alkanes of at least 4 members (excludes halogenated alkanes) is 1. The van der Waals surface area contributed by atoms with Gasteiger partial charge in [0, 0.05) is 0 Å². The summed E-state index contributed by atoms with van der Waals surface area (Å²) in [6, 6.07) is 1.99. The molecule has 14 heavy (non-hydrogen) atoms. The van der Waals surface area contributed by atoms with Crippen molar-refractivity contribution in [3.63, 3.8) is 0 Å². The molecule has 0 rings (SSSR count). The molecule has 1 atom stereocenters. The zero-order valence-corrected chi connectivity index (χ0v) is 9.42. The van der Waals surface area contributed by atoms with Crippen LogP contribution in [0, 0.1) is 22.2 Å². The van der Waals surface area contributed by atoms with Gasteiger partial charge in [-0.1, -0.05) is 40.5 Å². The Bertz CT molecular complexity index is 247. The van der Waals surface area contributed by atoms with E-state index in [9.17, 15) is 4.79 Å². The molecule has 0 radical (unpaired) electrons. The van der Waals surface area contributed by atoms with E-state index in [1.165, 1.54) is 0 Å². The molecule has 0 spiro atoms. The van der Waals surface area contributed by atoms with Crippen molar-refractivity contribution in [2.75, 3.05) is 0 Å². The Morgan fingerprint density at radius 1 is 1.43 bits per heavy atom. The van der Waals surface area contributed by atoms with Gasteiger partial charge in [-0.05, 0) is 11.8 Å². The number of carboxylic acid groups (broad SMARTS) is 1. The first kappa shape index (κ1) is 13.0. The summed E-state index contributed by atoms with van der Waals surface area (Å²) in [7, 11) is 0. The smallest absolute Gasteiger partial charge is 0.324 e. The van der Waals surface area contributed by atoms with Crippen LogP contribution in [0.4, 0.5) is 0 Å². The molecule has 0 aromatic carbocycles. The fraction of sp³-hybridized carbons (Fsp3) is 0.818. The molecule has 0 saturated heterocycles. The van der Waals surface area contributed by atoms with Crippen molar-refractivity contribution >= 4 is 5.97 Å². The minimum absolute atomic E-state index is 0.429. The third kappa shape index (κ3) is 2.25. The van der Waals surface area contributed by atoms with Crippen molar-refractivity contribution in [2.24, 2.45) is 10.8 Å². The first-order valence-electron chi connectivity index (χ1n) is 4.96. The third-order valence-corrected chi connectivity index (χ3v) is 2.74. The molecule has 0 aliphatic rings. The van der Waals surface area contributed by atoms with Gasteiger partial charge in [0.15, 0.2) is 5.41 Å². The van der Waals surface area contributed by atoms with Gasteiger partial charge in [0.2, 0.25) is 0 Å². The van der Waals surface area contributed by atoms with Crippen molar-refractivity contribution in [3.05, 3.63) is 0 Å². The van der Waals surface area contributed by atoms with Gasteiger partial charge in [0.25, 0.3) is 0 Å². The first-order valence-corrected chi connectivity index (χ1v) is 4.96. The summed E-state index contributed by atoms with van der Waals surface area (Å²) in [6.07, 6.45) is 2.11. The summed E-state index contributed by atoms with van der Waals surface area (Å²) in [4.78, 5) is 11.2. The molecule has 0 aromatic heterocycles. The van der Waals surface area contributed by atoms with E-state index in [4.69, 9.17) is 10.4 Å². The van der Waals surface area contributed by atoms with Crippen molar-refractivity contribution in [1.82, 2.24) is 0 Å². The van der Waals surface area contributed by atoms with Gasteiger partial charge in [-0.15, -0.1) is 0 Å². The summed E-state index contributed by atoms with van der Waals surface area (Å²) in [6.45, 7) is 7.41. The number of hydrogen-bond donors (Lipinski definition) is 1. The van der Waals surface area contributed by atoms with Crippen LogP contribution in [0.1, 0.15) is 47.0 Å². The van der Waals surface area contributed by atoms with Crippen LogP contribution in [0.3, 0.4) is 0 Å². The molecule has 0 bridgehead atoms. The minimum Gasteiger partial charge on any atom is -0.480 e. The van der Waals surface area contributed by atoms with E-state index in [0.29, 0.717) is 6.42 Å². The minimum atomic E-state index is -1.25. The molecule has 1 N–H and O–H groups in total. The maximum absolute atomic E-state index is 11.2. The summed E-state index contributed by atoms with van der Waals surface area (Å²) >= 11 is 0. The molecule has 1 unspecified atom stereocenters. The monoisotopic (exact) mass is 197 g/mol. The average Bonchev–Trinajstić information content (AvgIpc) is 2.03. The van der Waals surface area contributed by atoms with Crippen molar-refractivity contribution < 1.29 is 9.90 Å². The van der Waals surface area contributed by atoms with Gasteiger partial charge in [-0.3, -0.25) is 4.79 Å². The summed E-state index contributed by atoms with van der Waals surface area (Å²) < 4.78 is 0. The molecule has 0 fully saturated rings. The lowest BCUT2D eigenvalue weighted by Gasteiger charge is -2.35. The van der Waals surface area contributed by atoms with E-state index in [1.54, 1.807) is 20.8 Å². The van der Waals surface area contributed by atoms with Crippen molar-refractivity contribution in [1.29, 1.82) is 5.26 Å². The van der Waals surface area contributed by atoms with Crippen LogP contribution in [-0.2, 0) is 4.79 Å². The molecule has 0 aliphatic heterocycles. The summed E-state index contributed by atoms with van der Waals surface area (Å²) in [5, 5.41) is 18.2. The highest BCUT2D eigenvalue weighted by molar-refractivity contribution is 5.79. The number of nitriles is 1. The SMILES string of the molecule is CCCCC(C#N)(C(=O)O)C(C)(C)C. The van der Waals surface area contributed by atoms with Crippen LogP contribution in [-0.4, -0.2) is 11.1 Å². The second-order valence-corrected chi connectivity index (χ2v) is 4.68. The Morgan fingerprint density at radius 3 is 2.14 bits per heavy atom. The summed E-state index contributed by atoms with van der Waals surface area (Å²) in [5.41, 5.74) is -1.77. The van der Waals surface area contributed by atoms with Crippen molar-refractivity contribution in [3.8, 4) is 6.07 Å². The first-order chi connectivity index (χ1) is 6.31. The number of aliphatic carboxylic acids is 1. The lowest BCUT2D eigenvalue weighted by Crippen LogP contribution is -2.41. The lowest BCUT2D eigenvalue weighted by atomic mass is 9.65. The van der Waals surface area contributed by atoms with Gasteiger partial charge in [-0.25, -0.2) is 0 Å². The Morgan fingerprint density at radius 2 is 1.93 bits per heavy atom. The zero-order chi connectivity index (χ0) is 11.4.